The lowest BCUT2D eigenvalue weighted by atomic mass is 9.88. The zero-order valence-corrected chi connectivity index (χ0v) is 21.0. The molecule has 0 aromatic heterocycles. The number of ether oxygens (including phenoxy) is 1. The van der Waals surface area contributed by atoms with Gasteiger partial charge in [-0.25, -0.2) is 0 Å². The lowest BCUT2D eigenvalue weighted by Crippen LogP contribution is -2.38. The van der Waals surface area contributed by atoms with Crippen molar-refractivity contribution < 1.29 is 14.9 Å². The molecule has 1 saturated carbocycles. The Bertz CT molecular complexity index is 573. The molecule has 2 aliphatic carbocycles. The van der Waals surface area contributed by atoms with Crippen LogP contribution in [0.5, 0.6) is 0 Å². The first-order chi connectivity index (χ1) is 14.6. The molecule has 2 rings (SSSR count). The quantitative estimate of drug-likeness (QED) is 0.285. The van der Waals surface area contributed by atoms with Gasteiger partial charge in [0.25, 0.3) is 0 Å². The van der Waals surface area contributed by atoms with E-state index < -0.39 is 5.60 Å². The van der Waals surface area contributed by atoms with Crippen LogP contribution >= 0.6 is 0 Å². The van der Waals surface area contributed by atoms with Crippen LogP contribution in [-0.4, -0.2) is 58.7 Å². The predicted octanol–water partition coefficient (Wildman–Crippen LogP) is 5.34. The molecule has 1 fully saturated rings. The standard InChI is InChI=1S/C27H49NO3/c1-7-8-12-27(6,30)13-9-11-24-25-17-22(16-23(25)18-26(24)29)19-31-15-10-14-28(20(2)3)21(4)5/h9,11,16,20-21,23-26,29-30H,7-8,10,12-15,17-19H2,1-6H3/b11-9+/t23-,24+,25-,26+,27-/m0/s1. The average molecular weight is 436 g/mol. The van der Waals surface area contributed by atoms with Crippen LogP contribution < -0.4 is 0 Å². The summed E-state index contributed by atoms with van der Waals surface area (Å²) in [7, 11) is 0. The molecule has 0 aromatic carbocycles. The van der Waals surface area contributed by atoms with Crippen LogP contribution in [0.15, 0.2) is 23.8 Å². The summed E-state index contributed by atoms with van der Waals surface area (Å²) in [6.07, 6.45) is 13.0. The van der Waals surface area contributed by atoms with Gasteiger partial charge in [0.15, 0.2) is 0 Å². The van der Waals surface area contributed by atoms with E-state index in [-0.39, 0.29) is 12.0 Å². The summed E-state index contributed by atoms with van der Waals surface area (Å²) >= 11 is 0. The smallest absolute Gasteiger partial charge is 0.0676 e. The summed E-state index contributed by atoms with van der Waals surface area (Å²) < 4.78 is 6.01. The Morgan fingerprint density at radius 2 is 1.94 bits per heavy atom. The first kappa shape index (κ1) is 26.6. The lowest BCUT2D eigenvalue weighted by molar-refractivity contribution is 0.0513. The number of hydrogen-bond acceptors (Lipinski definition) is 4. The highest BCUT2D eigenvalue weighted by molar-refractivity contribution is 5.21. The molecule has 5 atom stereocenters. The van der Waals surface area contributed by atoms with Crippen molar-refractivity contribution in [3.63, 3.8) is 0 Å². The molecule has 0 heterocycles. The van der Waals surface area contributed by atoms with Gasteiger partial charge in [0.1, 0.15) is 0 Å². The van der Waals surface area contributed by atoms with Crippen LogP contribution in [0.4, 0.5) is 0 Å². The van der Waals surface area contributed by atoms with E-state index in [0.29, 0.717) is 30.3 Å². The Morgan fingerprint density at radius 1 is 1.23 bits per heavy atom. The topological polar surface area (TPSA) is 52.9 Å². The zero-order valence-electron chi connectivity index (χ0n) is 21.0. The van der Waals surface area contributed by atoms with Crippen molar-refractivity contribution in [1.82, 2.24) is 4.90 Å². The normalized spacial score (nSPS) is 28.2. The van der Waals surface area contributed by atoms with Gasteiger partial charge in [-0.05, 0) is 84.1 Å². The maximum atomic E-state index is 10.6. The highest BCUT2D eigenvalue weighted by Gasteiger charge is 2.43. The molecular weight excluding hydrogens is 386 g/mol. The fraction of sp³-hybridized carbons (Fsp3) is 0.852. The second kappa shape index (κ2) is 12.5. The molecule has 31 heavy (non-hydrogen) atoms. The highest BCUT2D eigenvalue weighted by Crippen LogP contribution is 2.47. The Morgan fingerprint density at radius 3 is 2.58 bits per heavy atom. The molecule has 4 nitrogen and oxygen atoms in total. The third-order valence-electron chi connectivity index (χ3n) is 7.25. The van der Waals surface area contributed by atoms with E-state index in [4.69, 9.17) is 4.74 Å². The number of aliphatic hydroxyl groups excluding tert-OH is 1. The molecule has 0 saturated heterocycles. The molecule has 0 aromatic rings. The molecule has 0 aliphatic heterocycles. The van der Waals surface area contributed by atoms with Crippen LogP contribution in [0.3, 0.4) is 0 Å². The summed E-state index contributed by atoms with van der Waals surface area (Å²) in [5.74, 6) is 1.16. The second-order valence-electron chi connectivity index (χ2n) is 10.8. The van der Waals surface area contributed by atoms with Gasteiger partial charge in [0.2, 0.25) is 0 Å². The minimum Gasteiger partial charge on any atom is -0.392 e. The molecule has 0 bridgehead atoms. The fourth-order valence-electron chi connectivity index (χ4n) is 5.52. The maximum absolute atomic E-state index is 10.6. The van der Waals surface area contributed by atoms with Crippen molar-refractivity contribution in [2.24, 2.45) is 17.8 Å². The third kappa shape index (κ3) is 8.31. The van der Waals surface area contributed by atoms with Crippen LogP contribution in [0, 0.1) is 17.8 Å². The van der Waals surface area contributed by atoms with Crippen LogP contribution in [-0.2, 0) is 4.74 Å². The van der Waals surface area contributed by atoms with E-state index in [0.717, 1.165) is 58.3 Å². The van der Waals surface area contributed by atoms with Gasteiger partial charge < -0.3 is 14.9 Å². The Kier molecular flexibility index (Phi) is 10.7. The molecule has 0 spiro atoms. The zero-order chi connectivity index (χ0) is 23.0. The number of fused-ring (bicyclic) bond motifs is 1. The Hall–Kier alpha value is -0.680. The molecule has 0 radical (unpaired) electrons. The number of hydrogen-bond donors (Lipinski definition) is 2. The third-order valence-corrected chi connectivity index (χ3v) is 7.25. The summed E-state index contributed by atoms with van der Waals surface area (Å²) in [6, 6.07) is 1.15. The summed E-state index contributed by atoms with van der Waals surface area (Å²) in [5, 5.41) is 21.1. The summed E-state index contributed by atoms with van der Waals surface area (Å²) in [4.78, 5) is 2.51. The second-order valence-corrected chi connectivity index (χ2v) is 10.8. The van der Waals surface area contributed by atoms with Crippen LogP contribution in [0.1, 0.15) is 86.5 Å². The minimum atomic E-state index is -0.636. The van der Waals surface area contributed by atoms with Gasteiger partial charge in [0, 0.05) is 31.2 Å². The van der Waals surface area contributed by atoms with Gasteiger partial charge in [-0.3, -0.25) is 4.90 Å². The van der Waals surface area contributed by atoms with Gasteiger partial charge in [-0.2, -0.15) is 0 Å². The summed E-state index contributed by atoms with van der Waals surface area (Å²) in [6.45, 7) is 15.7. The number of rotatable bonds is 14. The first-order valence-electron chi connectivity index (χ1n) is 12.7. The number of unbranched alkanes of at least 4 members (excludes halogenated alkanes) is 1. The van der Waals surface area contributed by atoms with E-state index in [9.17, 15) is 10.2 Å². The first-order valence-corrected chi connectivity index (χ1v) is 12.7. The van der Waals surface area contributed by atoms with Crippen molar-refractivity contribution in [2.45, 2.75) is 110 Å². The van der Waals surface area contributed by atoms with Gasteiger partial charge in [0.05, 0.1) is 18.3 Å². The van der Waals surface area contributed by atoms with E-state index in [1.54, 1.807) is 0 Å². The lowest BCUT2D eigenvalue weighted by Gasteiger charge is -2.30. The molecule has 180 valence electrons. The predicted molar refractivity (Wildman–Crippen MR) is 130 cm³/mol. The Labute approximate surface area is 191 Å². The average Bonchev–Trinajstić information content (AvgIpc) is 3.19. The fourth-order valence-corrected chi connectivity index (χ4v) is 5.52. The molecule has 0 amide bonds. The van der Waals surface area contributed by atoms with E-state index >= 15 is 0 Å². The van der Waals surface area contributed by atoms with Crippen molar-refractivity contribution in [2.75, 3.05) is 19.8 Å². The van der Waals surface area contributed by atoms with Crippen LogP contribution in [0.2, 0.25) is 0 Å². The van der Waals surface area contributed by atoms with E-state index in [1.165, 1.54) is 5.57 Å². The molecule has 2 N–H and O–H groups in total. The van der Waals surface area contributed by atoms with Crippen molar-refractivity contribution in [1.29, 1.82) is 0 Å². The van der Waals surface area contributed by atoms with Gasteiger partial charge >= 0.3 is 0 Å². The maximum Gasteiger partial charge on any atom is 0.0676 e. The molecule has 4 heteroatoms. The molecular formula is C27H49NO3. The van der Waals surface area contributed by atoms with Crippen LogP contribution in [0.25, 0.3) is 0 Å². The monoisotopic (exact) mass is 435 g/mol. The van der Waals surface area contributed by atoms with Gasteiger partial charge in [-0.1, -0.05) is 38.0 Å². The van der Waals surface area contributed by atoms with E-state index in [1.807, 2.05) is 6.92 Å². The SMILES string of the molecule is CCCC[C@](C)(O)C/C=C/[C@@H]1[C@H]2CC(COCCCN(C(C)C)C(C)C)=C[C@H]2C[C@H]1O. The number of nitrogens with zero attached hydrogens (tertiary/aromatic N) is 1. The van der Waals surface area contributed by atoms with E-state index in [2.05, 4.69) is 57.7 Å². The number of allylic oxidation sites excluding steroid dienone is 1. The minimum absolute atomic E-state index is 0.200. The molecule has 0 unspecified atom stereocenters. The largest absolute Gasteiger partial charge is 0.392 e. The van der Waals surface area contributed by atoms with Gasteiger partial charge in [-0.15, -0.1) is 0 Å². The highest BCUT2D eigenvalue weighted by atomic mass is 16.5. The number of aliphatic hydroxyl groups is 2. The van der Waals surface area contributed by atoms with Crippen molar-refractivity contribution >= 4 is 0 Å². The van der Waals surface area contributed by atoms with Crippen molar-refractivity contribution in [3.8, 4) is 0 Å². The molecule has 2 aliphatic rings. The Balaban J connectivity index is 1.74. The van der Waals surface area contributed by atoms with Crippen molar-refractivity contribution in [3.05, 3.63) is 23.8 Å². The summed E-state index contributed by atoms with van der Waals surface area (Å²) in [5.41, 5.74) is 0.767.